The summed E-state index contributed by atoms with van der Waals surface area (Å²) in [5, 5.41) is 7.08. The second-order valence-corrected chi connectivity index (χ2v) is 4.42. The number of hydrogen-bond acceptors (Lipinski definition) is 3. The fraction of sp³-hybridized carbons (Fsp3) is 0.188. The molecule has 2 aromatic rings. The van der Waals surface area contributed by atoms with Crippen molar-refractivity contribution >= 4 is 11.9 Å². The Kier molecular flexibility index (Phi) is 5.04. The third-order valence-corrected chi connectivity index (χ3v) is 2.74. The van der Waals surface area contributed by atoms with Gasteiger partial charge in [-0.25, -0.2) is 4.79 Å². The van der Waals surface area contributed by atoms with Crippen LogP contribution in [0.5, 0.6) is 0 Å². The van der Waals surface area contributed by atoms with E-state index in [4.69, 9.17) is 4.74 Å². The molecule has 0 radical (unpaired) electrons. The second-order valence-electron chi connectivity index (χ2n) is 4.42. The van der Waals surface area contributed by atoms with Crippen molar-refractivity contribution in [3.05, 3.63) is 66.0 Å². The van der Waals surface area contributed by atoms with Gasteiger partial charge in [-0.3, -0.25) is 5.32 Å². The van der Waals surface area contributed by atoms with Crippen LogP contribution in [0.2, 0.25) is 0 Å². The average molecular weight is 284 g/mol. The van der Waals surface area contributed by atoms with Gasteiger partial charge < -0.3 is 4.74 Å². The van der Waals surface area contributed by atoms with Crippen LogP contribution < -0.4 is 9.99 Å². The lowest BCUT2D eigenvalue weighted by atomic mass is 10.2. The highest BCUT2D eigenvalue weighted by atomic mass is 16.5. The van der Waals surface area contributed by atoms with E-state index in [0.717, 1.165) is 11.1 Å². The van der Waals surface area contributed by atoms with Gasteiger partial charge in [0.2, 0.25) is 18.2 Å². The number of aryl methyl sites for hydroxylation is 1. The van der Waals surface area contributed by atoms with Crippen molar-refractivity contribution in [3.63, 3.8) is 0 Å². The molecule has 1 N–H and O–H groups in total. The Hall–Kier alpha value is -2.69. The van der Waals surface area contributed by atoms with E-state index in [2.05, 4.69) is 10.4 Å². The first-order chi connectivity index (χ1) is 10.2. The zero-order valence-corrected chi connectivity index (χ0v) is 12.1. The molecule has 0 unspecified atom stereocenters. The Bertz CT molecular complexity index is 622. The van der Waals surface area contributed by atoms with E-state index in [9.17, 15) is 4.79 Å². The topological polar surface area (TPSA) is 54.6 Å². The summed E-state index contributed by atoms with van der Waals surface area (Å²) in [5.74, 6) is 0.433. The number of nitrogens with zero attached hydrogens (tertiary/aromatic N) is 2. The van der Waals surface area contributed by atoms with Crippen molar-refractivity contribution in [2.45, 2.75) is 13.8 Å². The van der Waals surface area contributed by atoms with Gasteiger partial charge in [-0.2, -0.15) is 0 Å². The molecule has 0 aliphatic rings. The van der Waals surface area contributed by atoms with Crippen LogP contribution in [0, 0.1) is 6.92 Å². The number of carbonyl (C=O) groups is 1. The molecule has 1 aromatic heterocycles. The summed E-state index contributed by atoms with van der Waals surface area (Å²) >= 11 is 0. The van der Waals surface area contributed by atoms with Gasteiger partial charge in [0.1, 0.15) is 0 Å². The lowest BCUT2D eigenvalue weighted by molar-refractivity contribution is -0.679. The molecule has 1 aromatic carbocycles. The molecule has 2 rings (SSSR count). The van der Waals surface area contributed by atoms with Crippen molar-refractivity contribution in [2.75, 3.05) is 6.61 Å². The number of alkyl carbamates (subject to hydrolysis) is 1. The van der Waals surface area contributed by atoms with Crippen LogP contribution in [0.3, 0.4) is 0 Å². The molecule has 5 nitrogen and oxygen atoms in total. The van der Waals surface area contributed by atoms with Crippen molar-refractivity contribution < 1.29 is 14.2 Å². The number of nitrogens with one attached hydrogen (secondary N) is 1. The van der Waals surface area contributed by atoms with Crippen LogP contribution in [-0.4, -0.2) is 18.5 Å². The van der Waals surface area contributed by atoms with Gasteiger partial charge in [0.05, 0.1) is 6.61 Å². The Morgan fingerprint density at radius 3 is 2.48 bits per heavy atom. The van der Waals surface area contributed by atoms with Gasteiger partial charge in [-0.1, -0.05) is 35.0 Å². The fourth-order valence-electron chi connectivity index (χ4n) is 1.69. The minimum absolute atomic E-state index is 0.311. The summed E-state index contributed by atoms with van der Waals surface area (Å²) in [6, 6.07) is 13.3. The Balaban J connectivity index is 2.31. The molecule has 21 heavy (non-hydrogen) atoms. The Labute approximate surface area is 123 Å². The summed E-state index contributed by atoms with van der Waals surface area (Å²) in [6.45, 7) is 4.07. The quantitative estimate of drug-likeness (QED) is 0.534. The first-order valence-corrected chi connectivity index (χ1v) is 6.75. The molecule has 1 heterocycles. The maximum Gasteiger partial charge on any atom is 0.412 e. The van der Waals surface area contributed by atoms with E-state index in [1.807, 2.05) is 61.8 Å². The molecule has 0 bridgehead atoms. The van der Waals surface area contributed by atoms with Crippen molar-refractivity contribution in [2.24, 2.45) is 5.10 Å². The number of ether oxygens (including phenoxy) is 1. The highest BCUT2D eigenvalue weighted by Crippen LogP contribution is 2.00. The van der Waals surface area contributed by atoms with Crippen LogP contribution in [0.1, 0.15) is 18.1 Å². The van der Waals surface area contributed by atoms with Crippen LogP contribution in [0.25, 0.3) is 0 Å². The first-order valence-electron chi connectivity index (χ1n) is 6.75. The van der Waals surface area contributed by atoms with Crippen LogP contribution in [0.15, 0.2) is 60.0 Å². The average Bonchev–Trinajstić information content (AvgIpc) is 2.50. The third-order valence-electron chi connectivity index (χ3n) is 2.74. The number of aromatic nitrogens is 1. The molecule has 0 atom stereocenters. The molecule has 0 saturated carbocycles. The monoisotopic (exact) mass is 284 g/mol. The number of amidine groups is 1. The lowest BCUT2D eigenvalue weighted by Gasteiger charge is -2.06. The molecule has 5 heteroatoms. The normalized spacial score (nSPS) is 11.0. The number of rotatable bonds is 3. The summed E-state index contributed by atoms with van der Waals surface area (Å²) < 4.78 is 6.55. The standard InChI is InChI=1S/C16H17N3O2/c1-3-21-16(20)17-15(14-7-5-4-6-8-14)18-19-11-9-13(2)10-12-19/h4-12H,3H2,1-2H3/p+1. The van der Waals surface area contributed by atoms with Crippen LogP contribution >= 0.6 is 0 Å². The van der Waals surface area contributed by atoms with Gasteiger partial charge in [0.25, 0.3) is 0 Å². The van der Waals surface area contributed by atoms with Gasteiger partial charge in [-0.15, -0.1) is 0 Å². The zero-order valence-electron chi connectivity index (χ0n) is 12.1. The van der Waals surface area contributed by atoms with Crippen LogP contribution in [0.4, 0.5) is 4.79 Å². The SMILES string of the molecule is CCOC(=O)N/C(=N/[n+]1ccc(C)cc1)c1ccccc1. The summed E-state index contributed by atoms with van der Waals surface area (Å²) in [6.07, 6.45) is 3.13. The number of pyridine rings is 1. The molecule has 0 saturated heterocycles. The minimum Gasteiger partial charge on any atom is -0.450 e. The largest absolute Gasteiger partial charge is 0.450 e. The minimum atomic E-state index is -0.521. The van der Waals surface area contributed by atoms with E-state index in [1.165, 1.54) is 0 Å². The predicted octanol–water partition coefficient (Wildman–Crippen LogP) is 2.24. The summed E-state index contributed by atoms with van der Waals surface area (Å²) in [5.41, 5.74) is 1.94. The van der Waals surface area contributed by atoms with E-state index in [0.29, 0.717) is 12.4 Å². The van der Waals surface area contributed by atoms with E-state index < -0.39 is 6.09 Å². The third kappa shape index (κ3) is 4.42. The van der Waals surface area contributed by atoms with Crippen molar-refractivity contribution in [3.8, 4) is 0 Å². The lowest BCUT2D eigenvalue weighted by Crippen LogP contribution is -2.38. The van der Waals surface area contributed by atoms with Gasteiger partial charge >= 0.3 is 6.09 Å². The van der Waals surface area contributed by atoms with E-state index >= 15 is 0 Å². The highest BCUT2D eigenvalue weighted by molar-refractivity contribution is 6.06. The Morgan fingerprint density at radius 1 is 1.19 bits per heavy atom. The molecule has 0 aliphatic carbocycles. The summed E-state index contributed by atoms with van der Waals surface area (Å²) in [7, 11) is 0. The number of carbonyl (C=O) groups excluding carboxylic acids is 1. The second kappa shape index (κ2) is 7.19. The van der Waals surface area contributed by atoms with E-state index in [-0.39, 0.29) is 0 Å². The predicted molar refractivity (Wildman–Crippen MR) is 79.9 cm³/mol. The van der Waals surface area contributed by atoms with Crippen molar-refractivity contribution in [1.29, 1.82) is 0 Å². The van der Waals surface area contributed by atoms with Crippen molar-refractivity contribution in [1.82, 2.24) is 5.32 Å². The number of hydrogen-bond donors (Lipinski definition) is 1. The fourth-order valence-corrected chi connectivity index (χ4v) is 1.69. The number of benzene rings is 1. The first kappa shape index (κ1) is 14.7. The molecular weight excluding hydrogens is 266 g/mol. The van der Waals surface area contributed by atoms with Gasteiger partial charge in [-0.05, 0) is 19.4 Å². The van der Waals surface area contributed by atoms with Gasteiger partial charge in [0, 0.05) is 22.8 Å². The molecule has 0 aliphatic heterocycles. The summed E-state index contributed by atoms with van der Waals surface area (Å²) in [4.78, 5) is 11.6. The Morgan fingerprint density at radius 2 is 1.86 bits per heavy atom. The maximum absolute atomic E-state index is 11.6. The smallest absolute Gasteiger partial charge is 0.412 e. The number of amides is 1. The van der Waals surface area contributed by atoms with Crippen LogP contribution in [-0.2, 0) is 4.74 Å². The van der Waals surface area contributed by atoms with E-state index in [1.54, 1.807) is 11.6 Å². The molecule has 108 valence electrons. The molecular formula is C16H18N3O2+. The maximum atomic E-state index is 11.6. The molecule has 1 amide bonds. The highest BCUT2D eigenvalue weighted by Gasteiger charge is 2.12. The zero-order chi connectivity index (χ0) is 15.1. The molecule has 0 spiro atoms. The molecule has 0 fully saturated rings. The van der Waals surface area contributed by atoms with Gasteiger partial charge in [0.15, 0.2) is 0 Å².